The number of halogens is 1. The molecule has 1 saturated heterocycles. The molecule has 2 aliphatic rings. The molecule has 1 saturated carbocycles. The molecule has 0 spiro atoms. The predicted octanol–water partition coefficient (Wildman–Crippen LogP) is 3.41. The third kappa shape index (κ3) is 4.04. The normalized spacial score (nSPS) is 21.7. The average molecular weight is 323 g/mol. The van der Waals surface area contributed by atoms with Crippen LogP contribution in [0.3, 0.4) is 0 Å². The molecule has 104 valence electrons. The lowest BCUT2D eigenvalue weighted by Crippen LogP contribution is -2.37. The van der Waals surface area contributed by atoms with Gasteiger partial charge in [0.05, 0.1) is 0 Å². The van der Waals surface area contributed by atoms with E-state index in [0.717, 1.165) is 18.5 Å². The van der Waals surface area contributed by atoms with Crippen molar-refractivity contribution in [1.29, 1.82) is 0 Å². The summed E-state index contributed by atoms with van der Waals surface area (Å²) in [4.78, 5) is 2.59. The average Bonchev–Trinajstić information content (AvgIpc) is 3.25. The Kier molecular flexibility index (Phi) is 4.57. The zero-order valence-corrected chi connectivity index (χ0v) is 13.0. The molecule has 0 aromatic heterocycles. The maximum atomic E-state index is 3.67. The van der Waals surface area contributed by atoms with Gasteiger partial charge in [-0.15, -0.1) is 0 Å². The van der Waals surface area contributed by atoms with Gasteiger partial charge in [0.1, 0.15) is 0 Å². The van der Waals surface area contributed by atoms with E-state index in [1.165, 1.54) is 55.4 Å². The summed E-state index contributed by atoms with van der Waals surface area (Å²) in [6, 6.07) is 9.45. The largest absolute Gasteiger partial charge is 0.314 e. The maximum absolute atomic E-state index is 3.67. The zero-order valence-electron chi connectivity index (χ0n) is 11.4. The minimum absolute atomic E-state index is 0.860. The molecule has 2 nitrogen and oxygen atoms in total. The molecular formula is C16H23BrN2. The van der Waals surface area contributed by atoms with Gasteiger partial charge in [-0.2, -0.15) is 0 Å². The van der Waals surface area contributed by atoms with E-state index < -0.39 is 0 Å². The zero-order chi connectivity index (χ0) is 13.1. The highest BCUT2D eigenvalue weighted by atomic mass is 79.9. The third-order valence-electron chi connectivity index (χ3n) is 4.33. The molecule has 0 atom stereocenters. The Balaban J connectivity index is 1.43. The first-order chi connectivity index (χ1) is 9.31. The van der Waals surface area contributed by atoms with Gasteiger partial charge in [0, 0.05) is 17.1 Å². The van der Waals surface area contributed by atoms with E-state index in [4.69, 9.17) is 0 Å². The van der Waals surface area contributed by atoms with Gasteiger partial charge in [-0.1, -0.05) is 34.1 Å². The van der Waals surface area contributed by atoms with E-state index in [2.05, 4.69) is 50.4 Å². The summed E-state index contributed by atoms with van der Waals surface area (Å²) in [7, 11) is 0. The monoisotopic (exact) mass is 322 g/mol. The van der Waals surface area contributed by atoms with Crippen LogP contribution < -0.4 is 5.32 Å². The Morgan fingerprint density at radius 3 is 2.53 bits per heavy atom. The number of nitrogens with zero attached hydrogens (tertiary/aromatic N) is 1. The molecule has 1 aromatic rings. The van der Waals surface area contributed by atoms with Crippen LogP contribution in [-0.2, 0) is 6.54 Å². The Morgan fingerprint density at radius 2 is 1.84 bits per heavy atom. The lowest BCUT2D eigenvalue weighted by Gasteiger charge is -2.32. The molecule has 1 aliphatic heterocycles. The van der Waals surface area contributed by atoms with E-state index in [-0.39, 0.29) is 0 Å². The molecular weight excluding hydrogens is 300 g/mol. The second kappa shape index (κ2) is 6.38. The van der Waals surface area contributed by atoms with Crippen LogP contribution >= 0.6 is 15.9 Å². The SMILES string of the molecule is Brc1ccccc1CN1CCC(CNC2CC2)CC1. The molecule has 3 rings (SSSR count). The van der Waals surface area contributed by atoms with Crippen LogP contribution in [-0.4, -0.2) is 30.6 Å². The summed E-state index contributed by atoms with van der Waals surface area (Å²) in [5, 5.41) is 3.67. The number of hydrogen-bond donors (Lipinski definition) is 1. The van der Waals surface area contributed by atoms with Crippen molar-refractivity contribution in [3.8, 4) is 0 Å². The Morgan fingerprint density at radius 1 is 1.11 bits per heavy atom. The second-order valence-electron chi connectivity index (χ2n) is 5.99. The molecule has 19 heavy (non-hydrogen) atoms. The summed E-state index contributed by atoms with van der Waals surface area (Å²) in [6.45, 7) is 4.83. The fourth-order valence-corrected chi connectivity index (χ4v) is 3.25. The van der Waals surface area contributed by atoms with Gasteiger partial charge in [-0.25, -0.2) is 0 Å². The van der Waals surface area contributed by atoms with Crippen LogP contribution in [0.25, 0.3) is 0 Å². The minimum atomic E-state index is 0.860. The second-order valence-corrected chi connectivity index (χ2v) is 6.85. The number of likely N-dealkylation sites (tertiary alicyclic amines) is 1. The van der Waals surface area contributed by atoms with Gasteiger partial charge in [0.15, 0.2) is 0 Å². The van der Waals surface area contributed by atoms with Crippen molar-refractivity contribution in [3.05, 3.63) is 34.3 Å². The summed E-state index contributed by atoms with van der Waals surface area (Å²) < 4.78 is 1.24. The lowest BCUT2D eigenvalue weighted by atomic mass is 9.96. The highest BCUT2D eigenvalue weighted by molar-refractivity contribution is 9.10. The van der Waals surface area contributed by atoms with Gasteiger partial charge in [-0.3, -0.25) is 4.90 Å². The Labute approximate surface area is 124 Å². The third-order valence-corrected chi connectivity index (χ3v) is 5.11. The van der Waals surface area contributed by atoms with E-state index in [1.807, 2.05) is 0 Å². The fourth-order valence-electron chi connectivity index (χ4n) is 2.84. The quantitative estimate of drug-likeness (QED) is 0.893. The lowest BCUT2D eigenvalue weighted by molar-refractivity contribution is 0.175. The molecule has 0 radical (unpaired) electrons. The molecule has 0 amide bonds. The Hall–Kier alpha value is -0.380. The first kappa shape index (κ1) is 13.6. The van der Waals surface area contributed by atoms with Crippen molar-refractivity contribution in [2.45, 2.75) is 38.3 Å². The first-order valence-corrected chi connectivity index (χ1v) is 8.30. The smallest absolute Gasteiger partial charge is 0.0244 e. The predicted molar refractivity (Wildman–Crippen MR) is 83.2 cm³/mol. The van der Waals surface area contributed by atoms with Crippen molar-refractivity contribution in [3.63, 3.8) is 0 Å². The van der Waals surface area contributed by atoms with Gasteiger partial charge in [0.2, 0.25) is 0 Å². The first-order valence-electron chi connectivity index (χ1n) is 7.50. The summed E-state index contributed by atoms with van der Waals surface area (Å²) >= 11 is 3.65. The van der Waals surface area contributed by atoms with Gasteiger partial charge in [-0.05, 0) is 62.9 Å². The van der Waals surface area contributed by atoms with Gasteiger partial charge < -0.3 is 5.32 Å². The van der Waals surface area contributed by atoms with E-state index in [1.54, 1.807) is 0 Å². The minimum Gasteiger partial charge on any atom is -0.314 e. The molecule has 0 unspecified atom stereocenters. The fraction of sp³-hybridized carbons (Fsp3) is 0.625. The van der Waals surface area contributed by atoms with Crippen molar-refractivity contribution >= 4 is 15.9 Å². The van der Waals surface area contributed by atoms with Crippen LogP contribution in [0.1, 0.15) is 31.2 Å². The number of piperidine rings is 1. The highest BCUT2D eigenvalue weighted by Gasteiger charge is 2.24. The van der Waals surface area contributed by atoms with E-state index in [9.17, 15) is 0 Å². The number of rotatable bonds is 5. The summed E-state index contributed by atoms with van der Waals surface area (Å²) in [5.74, 6) is 0.899. The van der Waals surface area contributed by atoms with Crippen molar-refractivity contribution < 1.29 is 0 Å². The molecule has 1 N–H and O–H groups in total. The highest BCUT2D eigenvalue weighted by Crippen LogP contribution is 2.24. The van der Waals surface area contributed by atoms with Crippen molar-refractivity contribution in [1.82, 2.24) is 10.2 Å². The van der Waals surface area contributed by atoms with Gasteiger partial charge >= 0.3 is 0 Å². The number of nitrogens with one attached hydrogen (secondary N) is 1. The summed E-state index contributed by atoms with van der Waals surface area (Å²) in [6.07, 6.45) is 5.51. The number of benzene rings is 1. The van der Waals surface area contributed by atoms with Crippen LogP contribution in [0.2, 0.25) is 0 Å². The molecule has 2 fully saturated rings. The molecule has 3 heteroatoms. The number of hydrogen-bond acceptors (Lipinski definition) is 2. The maximum Gasteiger partial charge on any atom is 0.0244 e. The molecule has 0 bridgehead atoms. The standard InChI is InChI=1S/C16H23BrN2/c17-16-4-2-1-3-14(16)12-19-9-7-13(8-10-19)11-18-15-5-6-15/h1-4,13,15,18H,5-12H2. The molecule has 1 aromatic carbocycles. The van der Waals surface area contributed by atoms with Crippen LogP contribution in [0, 0.1) is 5.92 Å². The van der Waals surface area contributed by atoms with Crippen molar-refractivity contribution in [2.24, 2.45) is 5.92 Å². The van der Waals surface area contributed by atoms with E-state index >= 15 is 0 Å². The summed E-state index contributed by atoms with van der Waals surface area (Å²) in [5.41, 5.74) is 1.41. The van der Waals surface area contributed by atoms with Crippen LogP contribution in [0.4, 0.5) is 0 Å². The Bertz CT molecular complexity index is 409. The van der Waals surface area contributed by atoms with Crippen molar-refractivity contribution in [2.75, 3.05) is 19.6 Å². The van der Waals surface area contributed by atoms with Gasteiger partial charge in [0.25, 0.3) is 0 Å². The molecule has 1 aliphatic carbocycles. The van der Waals surface area contributed by atoms with Crippen LogP contribution in [0.15, 0.2) is 28.7 Å². The van der Waals surface area contributed by atoms with Crippen LogP contribution in [0.5, 0.6) is 0 Å². The molecule has 1 heterocycles. The topological polar surface area (TPSA) is 15.3 Å². The van der Waals surface area contributed by atoms with E-state index in [0.29, 0.717) is 0 Å².